The molecule has 10 heteroatoms. The van der Waals surface area contributed by atoms with Gasteiger partial charge in [-0.2, -0.15) is 0 Å². The molecule has 0 spiro atoms. The largest absolute Gasteiger partial charge is 0.468 e. The average molecular weight is 312 g/mol. The minimum Gasteiger partial charge on any atom is -0.468 e. The molecule has 21 heavy (non-hydrogen) atoms. The molecule has 0 unspecified atom stereocenters. The summed E-state index contributed by atoms with van der Waals surface area (Å²) in [6.45, 7) is 1.47. The third-order valence-corrected chi connectivity index (χ3v) is 3.23. The van der Waals surface area contributed by atoms with Crippen LogP contribution < -0.4 is 11.2 Å². The molecule has 0 saturated heterocycles. The van der Waals surface area contributed by atoms with Crippen LogP contribution in [-0.4, -0.2) is 38.6 Å². The second-order valence-corrected chi connectivity index (χ2v) is 4.93. The standard InChI is InChI=1S/C11H12N4O5S/c1-6-3-8(16)15(10(18)12-6)4-7-13-14-11(20-7)21-5-9(17)19-2/h3H,4-5H2,1-2H3,(H,12,18). The lowest BCUT2D eigenvalue weighted by Gasteiger charge is -2.00. The Morgan fingerprint density at radius 1 is 1.48 bits per heavy atom. The predicted octanol–water partition coefficient (Wildman–Crippen LogP) is -0.459. The summed E-state index contributed by atoms with van der Waals surface area (Å²) < 4.78 is 10.7. The van der Waals surface area contributed by atoms with E-state index in [1.165, 1.54) is 13.2 Å². The summed E-state index contributed by atoms with van der Waals surface area (Å²) in [7, 11) is 1.28. The van der Waals surface area contributed by atoms with E-state index in [4.69, 9.17) is 4.42 Å². The van der Waals surface area contributed by atoms with Crippen molar-refractivity contribution in [3.05, 3.63) is 38.5 Å². The predicted molar refractivity (Wildman–Crippen MR) is 72.2 cm³/mol. The molecule has 0 fully saturated rings. The Morgan fingerprint density at radius 3 is 2.90 bits per heavy atom. The van der Waals surface area contributed by atoms with Gasteiger partial charge < -0.3 is 14.1 Å². The van der Waals surface area contributed by atoms with E-state index in [-0.39, 0.29) is 23.4 Å². The van der Waals surface area contributed by atoms with E-state index < -0.39 is 17.2 Å². The minimum atomic E-state index is -0.554. The highest BCUT2D eigenvalue weighted by atomic mass is 32.2. The number of aromatic nitrogens is 4. The average Bonchev–Trinajstić information content (AvgIpc) is 2.88. The number of nitrogens with zero attached hydrogens (tertiary/aromatic N) is 3. The first-order valence-corrected chi connectivity index (χ1v) is 6.81. The summed E-state index contributed by atoms with van der Waals surface area (Å²) in [5.41, 5.74) is -0.540. The van der Waals surface area contributed by atoms with Gasteiger partial charge >= 0.3 is 11.7 Å². The van der Waals surface area contributed by atoms with Gasteiger partial charge in [-0.25, -0.2) is 4.79 Å². The molecular weight excluding hydrogens is 300 g/mol. The summed E-state index contributed by atoms with van der Waals surface area (Å²) in [5.74, 6) is -0.298. The molecule has 0 aromatic carbocycles. The van der Waals surface area contributed by atoms with Crippen LogP contribution in [0.3, 0.4) is 0 Å². The third-order valence-electron chi connectivity index (χ3n) is 2.44. The Morgan fingerprint density at radius 2 is 2.24 bits per heavy atom. The highest BCUT2D eigenvalue weighted by Gasteiger charge is 2.12. The SMILES string of the molecule is COC(=O)CSc1nnc(Cn2c(=O)cc(C)[nH]c2=O)o1. The Labute approximate surface area is 122 Å². The smallest absolute Gasteiger partial charge is 0.329 e. The maximum absolute atomic E-state index is 11.7. The number of H-pyrrole nitrogens is 1. The number of methoxy groups -OCH3 is 1. The molecule has 112 valence electrons. The number of aromatic amines is 1. The Bertz CT molecular complexity index is 731. The van der Waals surface area contributed by atoms with E-state index >= 15 is 0 Å². The number of carbonyl (C=O) groups is 1. The molecule has 0 aliphatic carbocycles. The Kier molecular flexibility index (Phi) is 4.58. The number of carbonyl (C=O) groups excluding carboxylic acids is 1. The lowest BCUT2D eigenvalue weighted by molar-refractivity contribution is -0.137. The van der Waals surface area contributed by atoms with Gasteiger partial charge in [-0.15, -0.1) is 10.2 Å². The molecule has 0 saturated carbocycles. The zero-order valence-corrected chi connectivity index (χ0v) is 12.1. The number of aryl methyl sites for hydroxylation is 1. The van der Waals surface area contributed by atoms with Gasteiger partial charge in [0.25, 0.3) is 10.8 Å². The van der Waals surface area contributed by atoms with Crippen LogP contribution in [0.1, 0.15) is 11.6 Å². The second kappa shape index (κ2) is 6.39. The van der Waals surface area contributed by atoms with Gasteiger partial charge in [0, 0.05) is 11.8 Å². The van der Waals surface area contributed by atoms with Crippen LogP contribution in [0, 0.1) is 6.92 Å². The molecule has 0 radical (unpaired) electrons. The molecule has 0 aliphatic heterocycles. The van der Waals surface area contributed by atoms with Crippen LogP contribution >= 0.6 is 11.8 Å². The first-order chi connectivity index (χ1) is 9.99. The number of esters is 1. The van der Waals surface area contributed by atoms with Gasteiger partial charge in [0.15, 0.2) is 0 Å². The highest BCUT2D eigenvalue weighted by Crippen LogP contribution is 2.16. The summed E-state index contributed by atoms with van der Waals surface area (Å²) in [6.07, 6.45) is 0. The van der Waals surface area contributed by atoms with E-state index in [9.17, 15) is 14.4 Å². The van der Waals surface area contributed by atoms with Crippen LogP contribution in [0.25, 0.3) is 0 Å². The molecule has 1 N–H and O–H groups in total. The van der Waals surface area contributed by atoms with Crippen LogP contribution in [0.5, 0.6) is 0 Å². The van der Waals surface area contributed by atoms with Gasteiger partial charge in [-0.3, -0.25) is 14.2 Å². The van der Waals surface area contributed by atoms with Crippen LogP contribution in [0.15, 0.2) is 25.3 Å². The first-order valence-electron chi connectivity index (χ1n) is 5.82. The van der Waals surface area contributed by atoms with E-state index in [1.54, 1.807) is 6.92 Å². The van der Waals surface area contributed by atoms with E-state index in [1.807, 2.05) is 0 Å². The molecule has 2 heterocycles. The van der Waals surface area contributed by atoms with Crippen LogP contribution in [0.2, 0.25) is 0 Å². The quantitative estimate of drug-likeness (QED) is 0.582. The molecule has 0 aliphatic rings. The van der Waals surface area contributed by atoms with Gasteiger partial charge in [-0.1, -0.05) is 11.8 Å². The zero-order chi connectivity index (χ0) is 15.4. The highest BCUT2D eigenvalue weighted by molar-refractivity contribution is 7.99. The summed E-state index contributed by atoms with van der Waals surface area (Å²) >= 11 is 1.01. The second-order valence-electron chi connectivity index (χ2n) is 4.01. The van der Waals surface area contributed by atoms with Crippen molar-refractivity contribution in [2.75, 3.05) is 12.9 Å². The van der Waals surface area contributed by atoms with Crippen molar-refractivity contribution < 1.29 is 13.9 Å². The summed E-state index contributed by atoms with van der Waals surface area (Å²) in [4.78, 5) is 36.9. The molecule has 9 nitrogen and oxygen atoms in total. The third kappa shape index (κ3) is 3.81. The molecule has 2 aromatic heterocycles. The van der Waals surface area contributed by atoms with Crippen molar-refractivity contribution in [1.82, 2.24) is 19.7 Å². The monoisotopic (exact) mass is 312 g/mol. The van der Waals surface area contributed by atoms with Crippen LogP contribution in [0.4, 0.5) is 0 Å². The summed E-state index contributed by atoms with van der Waals surface area (Å²) in [5, 5.41) is 7.58. The van der Waals surface area contributed by atoms with E-state index in [0.29, 0.717) is 5.69 Å². The van der Waals surface area contributed by atoms with Crippen molar-refractivity contribution in [3.63, 3.8) is 0 Å². The van der Waals surface area contributed by atoms with Crippen LogP contribution in [-0.2, 0) is 16.1 Å². The lowest BCUT2D eigenvalue weighted by Crippen LogP contribution is -2.35. The number of rotatable bonds is 5. The normalized spacial score (nSPS) is 10.6. The van der Waals surface area contributed by atoms with Crippen molar-refractivity contribution in [2.45, 2.75) is 18.7 Å². The topological polar surface area (TPSA) is 120 Å². The van der Waals surface area contributed by atoms with Gasteiger partial charge in [0.05, 0.1) is 7.11 Å². The molecule has 0 atom stereocenters. The molecule has 2 aromatic rings. The fourth-order valence-electron chi connectivity index (χ4n) is 1.46. The van der Waals surface area contributed by atoms with Crippen molar-refractivity contribution >= 4 is 17.7 Å². The summed E-state index contributed by atoms with van der Waals surface area (Å²) in [6, 6.07) is 1.30. The van der Waals surface area contributed by atoms with Gasteiger partial charge in [-0.05, 0) is 6.92 Å². The fraction of sp³-hybridized carbons (Fsp3) is 0.364. The molecule has 0 bridgehead atoms. The number of ether oxygens (including phenoxy) is 1. The van der Waals surface area contributed by atoms with Gasteiger partial charge in [0.1, 0.15) is 12.3 Å². The fourth-order valence-corrected chi connectivity index (χ4v) is 2.07. The number of hydrogen-bond acceptors (Lipinski definition) is 8. The van der Waals surface area contributed by atoms with Crippen molar-refractivity contribution in [2.24, 2.45) is 0 Å². The first kappa shape index (κ1) is 15.0. The molecule has 0 amide bonds. The lowest BCUT2D eigenvalue weighted by atomic mass is 10.4. The molecule has 2 rings (SSSR count). The Balaban J connectivity index is 2.11. The Hall–Kier alpha value is -2.36. The maximum Gasteiger partial charge on any atom is 0.329 e. The number of hydrogen-bond donors (Lipinski definition) is 1. The zero-order valence-electron chi connectivity index (χ0n) is 11.3. The number of nitrogens with one attached hydrogen (secondary N) is 1. The van der Waals surface area contributed by atoms with E-state index in [2.05, 4.69) is 19.9 Å². The van der Waals surface area contributed by atoms with Crippen molar-refractivity contribution in [1.29, 1.82) is 0 Å². The minimum absolute atomic E-state index is 0.0309. The maximum atomic E-state index is 11.7. The van der Waals surface area contributed by atoms with Crippen molar-refractivity contribution in [3.8, 4) is 0 Å². The molecular formula is C11H12N4O5S. The number of thioether (sulfide) groups is 1. The van der Waals surface area contributed by atoms with E-state index in [0.717, 1.165) is 16.3 Å². The van der Waals surface area contributed by atoms with Gasteiger partial charge in [0.2, 0.25) is 5.89 Å².